The first kappa shape index (κ1) is 28.7. The molecule has 0 radical (unpaired) electrons. The Balaban J connectivity index is 4.75. The lowest BCUT2D eigenvalue weighted by Crippen LogP contribution is -2.55. The molecule has 14 heteroatoms. The highest BCUT2D eigenvalue weighted by Crippen LogP contribution is 2.19. The van der Waals surface area contributed by atoms with Gasteiger partial charge in [0.2, 0.25) is 0 Å². The van der Waals surface area contributed by atoms with Crippen LogP contribution in [0.2, 0.25) is 0 Å². The van der Waals surface area contributed by atoms with Crippen molar-refractivity contribution in [3.8, 4) is 0 Å². The number of nitrogens with zero attached hydrogens (tertiary/aromatic N) is 2. The molecule has 14 nitrogen and oxygen atoms in total. The summed E-state index contributed by atoms with van der Waals surface area (Å²) in [4.78, 5) is 55.2. The van der Waals surface area contributed by atoms with Gasteiger partial charge >= 0.3 is 11.9 Å². The van der Waals surface area contributed by atoms with Crippen LogP contribution in [-0.4, -0.2) is 69.8 Å². The van der Waals surface area contributed by atoms with Gasteiger partial charge in [-0.15, -0.1) is 0 Å². The largest absolute Gasteiger partial charge is 0.480 e. The summed E-state index contributed by atoms with van der Waals surface area (Å²) in [5.41, 5.74) is 28.1. The Morgan fingerprint density at radius 1 is 0.625 bits per heavy atom. The van der Waals surface area contributed by atoms with Crippen LogP contribution in [0, 0.1) is 0 Å². The number of carboxylic acids is 2. The second kappa shape index (κ2) is 13.2. The molecule has 0 aromatic carbocycles. The molecule has 0 aromatic heterocycles. The van der Waals surface area contributed by atoms with Crippen molar-refractivity contribution in [2.45, 2.75) is 62.4 Å². The lowest BCUT2D eigenvalue weighted by Gasteiger charge is -2.24. The van der Waals surface area contributed by atoms with Gasteiger partial charge in [0.25, 0.3) is 0 Å². The molecule has 0 bridgehead atoms. The van der Waals surface area contributed by atoms with Crippen LogP contribution < -0.4 is 34.4 Å². The second-order valence-electron chi connectivity index (χ2n) is 7.43. The molecule has 0 amide bonds. The number of rotatable bonds is 17. The van der Waals surface area contributed by atoms with E-state index in [1.165, 1.54) is 0 Å². The number of carbonyl (C=O) groups excluding carboxylic acids is 2. The Hall–Kier alpha value is -3.26. The molecule has 0 saturated heterocycles. The minimum Gasteiger partial charge on any atom is -0.480 e. The van der Waals surface area contributed by atoms with E-state index in [2.05, 4.69) is 9.98 Å². The molecule has 0 aliphatic carbocycles. The van der Waals surface area contributed by atoms with Crippen molar-refractivity contribution in [1.82, 2.24) is 0 Å². The number of nitrogens with two attached hydrogens (primary N) is 6. The van der Waals surface area contributed by atoms with Gasteiger partial charge < -0.3 is 44.6 Å². The monoisotopic (exact) mass is 458 g/mol. The van der Waals surface area contributed by atoms with Gasteiger partial charge in [-0.1, -0.05) is 0 Å². The Morgan fingerprint density at radius 2 is 0.938 bits per heavy atom. The molecule has 0 aliphatic rings. The van der Waals surface area contributed by atoms with Crippen LogP contribution in [0.5, 0.6) is 0 Å². The Morgan fingerprint density at radius 3 is 1.19 bits per heavy atom. The fourth-order valence-electron chi connectivity index (χ4n) is 2.88. The van der Waals surface area contributed by atoms with Crippen molar-refractivity contribution >= 4 is 35.4 Å². The third-order valence-electron chi connectivity index (χ3n) is 4.86. The molecule has 0 rings (SSSR count). The maximum absolute atomic E-state index is 12.4. The summed E-state index contributed by atoms with van der Waals surface area (Å²) in [5, 5.41) is 18.7. The quantitative estimate of drug-likeness (QED) is 0.0480. The van der Waals surface area contributed by atoms with E-state index in [9.17, 15) is 29.4 Å². The number of guanidine groups is 2. The zero-order chi connectivity index (χ0) is 24.9. The summed E-state index contributed by atoms with van der Waals surface area (Å²) in [6, 6.07) is 0. The maximum atomic E-state index is 12.4. The number of Topliss-reactive ketones (excluding diaryl/α,β-unsaturated/α-hetero) is 2. The number of hydrogen-bond acceptors (Lipinski definition) is 8. The van der Waals surface area contributed by atoms with Gasteiger partial charge in [-0.2, -0.15) is 0 Å². The van der Waals surface area contributed by atoms with Crippen LogP contribution >= 0.6 is 0 Å². The highest BCUT2D eigenvalue weighted by molar-refractivity contribution is 6.08. The molecule has 0 heterocycles. The van der Waals surface area contributed by atoms with Crippen molar-refractivity contribution in [3.63, 3.8) is 0 Å². The predicted octanol–water partition coefficient (Wildman–Crippen LogP) is -2.64. The fourth-order valence-corrected chi connectivity index (χ4v) is 2.88. The minimum atomic E-state index is -2.10. The molecular formula is C18H34N8O6. The predicted molar refractivity (Wildman–Crippen MR) is 117 cm³/mol. The van der Waals surface area contributed by atoms with E-state index >= 15 is 0 Å². The van der Waals surface area contributed by atoms with Gasteiger partial charge in [-0.3, -0.25) is 19.6 Å². The average Bonchev–Trinajstić information content (AvgIpc) is 2.70. The minimum absolute atomic E-state index is 0.118. The molecule has 0 spiro atoms. The van der Waals surface area contributed by atoms with E-state index in [0.717, 1.165) is 0 Å². The summed E-state index contributed by atoms with van der Waals surface area (Å²) in [7, 11) is 0. The van der Waals surface area contributed by atoms with Crippen LogP contribution in [0.15, 0.2) is 9.98 Å². The summed E-state index contributed by atoms with van der Waals surface area (Å²) in [5.74, 6) is -4.69. The summed E-state index contributed by atoms with van der Waals surface area (Å²) >= 11 is 0. The highest BCUT2D eigenvalue weighted by Gasteiger charge is 2.42. The van der Waals surface area contributed by atoms with Gasteiger partial charge in [0.1, 0.15) is 0 Å². The van der Waals surface area contributed by atoms with Gasteiger partial charge in [-0.25, -0.2) is 9.59 Å². The van der Waals surface area contributed by atoms with E-state index in [1.807, 2.05) is 0 Å². The molecule has 0 saturated carbocycles. The third-order valence-corrected chi connectivity index (χ3v) is 4.86. The van der Waals surface area contributed by atoms with Gasteiger partial charge in [-0.05, 0) is 38.5 Å². The molecule has 182 valence electrons. The molecular weight excluding hydrogens is 424 g/mol. The number of aliphatic carboxylic acids is 2. The normalized spacial score (nSPS) is 14.4. The number of aliphatic imine (C=N–C) groups is 2. The van der Waals surface area contributed by atoms with E-state index in [4.69, 9.17) is 34.4 Å². The first-order valence-electron chi connectivity index (χ1n) is 9.99. The maximum Gasteiger partial charge on any atom is 0.331 e. The lowest BCUT2D eigenvalue weighted by atomic mass is 9.85. The van der Waals surface area contributed by atoms with Crippen molar-refractivity contribution in [3.05, 3.63) is 0 Å². The van der Waals surface area contributed by atoms with E-state index in [-0.39, 0.29) is 76.4 Å². The average molecular weight is 459 g/mol. The summed E-state index contributed by atoms with van der Waals surface area (Å²) in [6.45, 7) is 0.237. The first-order chi connectivity index (χ1) is 14.8. The van der Waals surface area contributed by atoms with Crippen LogP contribution in [0.3, 0.4) is 0 Å². The number of hydrogen-bond donors (Lipinski definition) is 8. The van der Waals surface area contributed by atoms with Gasteiger partial charge in [0.15, 0.2) is 34.6 Å². The number of ketones is 2. The molecule has 0 aliphatic heterocycles. The SMILES string of the molecule is NC(N)=NCCCC(N)(C(=O)O)C(=O)CCCCC(=O)C(N)(CCCN=C(N)N)C(=O)O. The molecule has 2 unspecified atom stereocenters. The van der Waals surface area contributed by atoms with Gasteiger partial charge in [0.05, 0.1) is 0 Å². The molecule has 32 heavy (non-hydrogen) atoms. The zero-order valence-electron chi connectivity index (χ0n) is 18.0. The first-order valence-corrected chi connectivity index (χ1v) is 9.99. The van der Waals surface area contributed by atoms with Crippen molar-refractivity contribution in [2.75, 3.05) is 13.1 Å². The molecule has 2 atom stereocenters. The van der Waals surface area contributed by atoms with Crippen LogP contribution in [0.25, 0.3) is 0 Å². The van der Waals surface area contributed by atoms with Crippen molar-refractivity contribution in [2.24, 2.45) is 44.4 Å². The lowest BCUT2D eigenvalue weighted by molar-refractivity contribution is -0.150. The van der Waals surface area contributed by atoms with Crippen LogP contribution in [0.1, 0.15) is 51.4 Å². The molecule has 0 aromatic rings. The second-order valence-corrected chi connectivity index (χ2v) is 7.43. The van der Waals surface area contributed by atoms with Crippen molar-refractivity contribution < 1.29 is 29.4 Å². The Labute approximate surface area is 185 Å². The standard InChI is InChI=1S/C18H34N8O6/c19-15(20)25-9-3-7-17(23,13(29)30)11(27)5-1-2-6-12(28)18(24,14(31)32)8-4-10-26-16(21)22/h1-10,23-24H2,(H,29,30)(H,31,32)(H4,19,20,25)(H4,21,22,26). The third kappa shape index (κ3) is 9.26. The molecule has 0 fully saturated rings. The van der Waals surface area contributed by atoms with Crippen LogP contribution in [0.4, 0.5) is 0 Å². The topological polar surface area (TPSA) is 290 Å². The highest BCUT2D eigenvalue weighted by atomic mass is 16.4. The number of carbonyl (C=O) groups is 4. The van der Waals surface area contributed by atoms with Crippen molar-refractivity contribution in [1.29, 1.82) is 0 Å². The van der Waals surface area contributed by atoms with E-state index < -0.39 is 34.6 Å². The van der Waals surface area contributed by atoms with E-state index in [0.29, 0.717) is 0 Å². The smallest absolute Gasteiger partial charge is 0.331 e. The molecule has 14 N–H and O–H groups in total. The van der Waals surface area contributed by atoms with E-state index in [1.54, 1.807) is 0 Å². The summed E-state index contributed by atoms with van der Waals surface area (Å²) in [6.07, 6.45) is -0.114. The number of unbranched alkanes of at least 4 members (excludes halogenated alkanes) is 1. The Bertz CT molecular complexity index is 686. The van der Waals surface area contributed by atoms with Crippen LogP contribution in [-0.2, 0) is 19.2 Å². The Kier molecular flexibility index (Phi) is 11.9. The van der Waals surface area contributed by atoms with Gasteiger partial charge in [0, 0.05) is 25.9 Å². The number of carboxylic acid groups (broad SMARTS) is 2. The fraction of sp³-hybridized carbons (Fsp3) is 0.667. The zero-order valence-corrected chi connectivity index (χ0v) is 18.0. The summed E-state index contributed by atoms with van der Waals surface area (Å²) < 4.78 is 0.